The Morgan fingerprint density at radius 2 is 1.75 bits per heavy atom. The van der Waals surface area contributed by atoms with Crippen LogP contribution in [0.25, 0.3) is 5.69 Å². The first-order valence-electron chi connectivity index (χ1n) is 9.54. The number of hydrogen-bond donors (Lipinski definition) is 0. The Kier molecular flexibility index (Phi) is 5.74. The summed E-state index contributed by atoms with van der Waals surface area (Å²) in [5.74, 6) is 0.0368. The Balaban J connectivity index is 1.43. The molecule has 0 bridgehead atoms. The van der Waals surface area contributed by atoms with Gasteiger partial charge in [0, 0.05) is 43.4 Å². The van der Waals surface area contributed by atoms with Crippen LogP contribution >= 0.6 is 11.6 Å². The van der Waals surface area contributed by atoms with Gasteiger partial charge in [-0.25, -0.2) is 4.98 Å². The topological polar surface area (TPSA) is 41.4 Å². The third kappa shape index (κ3) is 4.26. The van der Waals surface area contributed by atoms with Crippen LogP contribution in [0.4, 0.5) is 0 Å². The lowest BCUT2D eigenvalue weighted by Gasteiger charge is -2.22. The number of carbonyl (C=O) groups excluding carboxylic acids is 1. The zero-order valence-corrected chi connectivity index (χ0v) is 16.4. The molecule has 1 aliphatic rings. The van der Waals surface area contributed by atoms with Crippen molar-refractivity contribution in [2.24, 2.45) is 0 Å². The van der Waals surface area contributed by atoms with Crippen LogP contribution in [0.15, 0.2) is 67.1 Å². The Hall–Kier alpha value is -2.63. The minimum Gasteiger partial charge on any atom is -0.336 e. The van der Waals surface area contributed by atoms with Gasteiger partial charge in [-0.05, 0) is 36.2 Å². The molecule has 4 rings (SSSR count). The van der Waals surface area contributed by atoms with Crippen molar-refractivity contribution >= 4 is 17.5 Å². The molecule has 1 saturated heterocycles. The van der Waals surface area contributed by atoms with Gasteiger partial charge >= 0.3 is 0 Å². The van der Waals surface area contributed by atoms with E-state index in [2.05, 4.69) is 22.0 Å². The van der Waals surface area contributed by atoms with Crippen LogP contribution in [0, 0.1) is 0 Å². The normalized spacial score (nSPS) is 15.4. The molecule has 1 amide bonds. The number of halogens is 1. The summed E-state index contributed by atoms with van der Waals surface area (Å²) in [7, 11) is 0. The number of amides is 1. The van der Waals surface area contributed by atoms with Crippen LogP contribution in [-0.4, -0.2) is 51.4 Å². The number of rotatable bonds is 4. The van der Waals surface area contributed by atoms with E-state index >= 15 is 0 Å². The van der Waals surface area contributed by atoms with Crippen molar-refractivity contribution in [2.45, 2.75) is 13.0 Å². The lowest BCUT2D eigenvalue weighted by atomic mass is 10.2. The Morgan fingerprint density at radius 3 is 2.54 bits per heavy atom. The highest BCUT2D eigenvalue weighted by molar-refractivity contribution is 6.30. The molecule has 0 atom stereocenters. The zero-order valence-electron chi connectivity index (χ0n) is 15.7. The van der Waals surface area contributed by atoms with Gasteiger partial charge in [0.2, 0.25) is 0 Å². The smallest absolute Gasteiger partial charge is 0.272 e. The van der Waals surface area contributed by atoms with Crippen molar-refractivity contribution in [3.8, 4) is 5.69 Å². The average molecular weight is 395 g/mol. The number of carbonyl (C=O) groups is 1. The maximum Gasteiger partial charge on any atom is 0.272 e. The van der Waals surface area contributed by atoms with Gasteiger partial charge in [-0.1, -0.05) is 41.9 Å². The number of para-hydroxylation sites is 1. The predicted octanol–water partition coefficient (Wildman–Crippen LogP) is 3.87. The summed E-state index contributed by atoms with van der Waals surface area (Å²) in [5.41, 5.74) is 2.80. The van der Waals surface area contributed by atoms with E-state index in [0.29, 0.717) is 12.2 Å². The quantitative estimate of drug-likeness (QED) is 0.674. The molecule has 0 spiro atoms. The number of nitrogens with zero attached hydrogens (tertiary/aromatic N) is 4. The van der Waals surface area contributed by atoms with Crippen molar-refractivity contribution in [1.82, 2.24) is 19.4 Å². The highest BCUT2D eigenvalue weighted by Gasteiger charge is 2.23. The van der Waals surface area contributed by atoms with E-state index in [1.807, 2.05) is 51.9 Å². The Bertz CT molecular complexity index is 923. The van der Waals surface area contributed by atoms with E-state index < -0.39 is 0 Å². The molecule has 144 valence electrons. The molecule has 0 aliphatic carbocycles. The number of hydrogen-bond acceptors (Lipinski definition) is 3. The van der Waals surface area contributed by atoms with E-state index in [4.69, 9.17) is 11.6 Å². The molecule has 2 heterocycles. The van der Waals surface area contributed by atoms with Crippen molar-refractivity contribution in [1.29, 1.82) is 0 Å². The highest BCUT2D eigenvalue weighted by atomic mass is 35.5. The average Bonchev–Trinajstić information content (AvgIpc) is 3.10. The minimum atomic E-state index is 0.0368. The molecule has 0 N–H and O–H groups in total. The summed E-state index contributed by atoms with van der Waals surface area (Å²) in [5, 5.41) is 0.756. The summed E-state index contributed by atoms with van der Waals surface area (Å²) in [4.78, 5) is 21.7. The maximum atomic E-state index is 13.1. The first-order valence-corrected chi connectivity index (χ1v) is 9.92. The number of aromatic nitrogens is 2. The lowest BCUT2D eigenvalue weighted by molar-refractivity contribution is 0.0753. The number of imidazole rings is 1. The summed E-state index contributed by atoms with van der Waals surface area (Å²) < 4.78 is 1.86. The minimum absolute atomic E-state index is 0.0368. The Morgan fingerprint density at radius 1 is 0.964 bits per heavy atom. The zero-order chi connectivity index (χ0) is 19.3. The van der Waals surface area contributed by atoms with E-state index in [1.165, 1.54) is 5.56 Å². The van der Waals surface area contributed by atoms with Gasteiger partial charge in [-0.2, -0.15) is 0 Å². The summed E-state index contributed by atoms with van der Waals surface area (Å²) in [6.07, 6.45) is 4.32. The van der Waals surface area contributed by atoms with E-state index in [-0.39, 0.29) is 5.91 Å². The first kappa shape index (κ1) is 18.7. The standard InChI is InChI=1S/C22H23ClN4O/c23-19-9-7-18(8-10-19)16-25-11-4-12-26(14-13-25)22(28)21-15-24-17-27(21)20-5-2-1-3-6-20/h1-3,5-10,15,17H,4,11-14,16H2. The lowest BCUT2D eigenvalue weighted by Crippen LogP contribution is -2.36. The van der Waals surface area contributed by atoms with Crippen LogP contribution < -0.4 is 0 Å². The van der Waals surface area contributed by atoms with E-state index in [9.17, 15) is 4.79 Å². The highest BCUT2D eigenvalue weighted by Crippen LogP contribution is 2.16. The van der Waals surface area contributed by atoms with Crippen LogP contribution in [0.1, 0.15) is 22.5 Å². The Labute approximate surface area is 170 Å². The molecule has 2 aromatic carbocycles. The fraction of sp³-hybridized carbons (Fsp3) is 0.273. The third-order valence-corrected chi connectivity index (χ3v) is 5.34. The first-order chi connectivity index (χ1) is 13.7. The van der Waals surface area contributed by atoms with E-state index in [0.717, 1.165) is 43.3 Å². The van der Waals surface area contributed by atoms with Crippen molar-refractivity contribution in [2.75, 3.05) is 26.2 Å². The largest absolute Gasteiger partial charge is 0.336 e. The van der Waals surface area contributed by atoms with Crippen molar-refractivity contribution < 1.29 is 4.79 Å². The van der Waals surface area contributed by atoms with Gasteiger partial charge in [-0.15, -0.1) is 0 Å². The fourth-order valence-electron chi connectivity index (χ4n) is 3.59. The van der Waals surface area contributed by atoms with Crippen LogP contribution in [0.2, 0.25) is 5.02 Å². The van der Waals surface area contributed by atoms with Crippen LogP contribution in [0.3, 0.4) is 0 Å². The molecule has 5 nitrogen and oxygen atoms in total. The molecule has 6 heteroatoms. The number of benzene rings is 2. The van der Waals surface area contributed by atoms with Gasteiger partial charge in [-0.3, -0.25) is 14.3 Å². The van der Waals surface area contributed by atoms with Crippen LogP contribution in [0.5, 0.6) is 0 Å². The molecule has 1 fully saturated rings. The predicted molar refractivity (Wildman–Crippen MR) is 111 cm³/mol. The summed E-state index contributed by atoms with van der Waals surface area (Å²) in [6, 6.07) is 17.8. The van der Waals surface area contributed by atoms with E-state index in [1.54, 1.807) is 12.5 Å². The molecular formula is C22H23ClN4O. The second-order valence-corrected chi connectivity index (χ2v) is 7.47. The van der Waals surface area contributed by atoms with Gasteiger partial charge in [0.25, 0.3) is 5.91 Å². The second kappa shape index (κ2) is 8.59. The summed E-state index contributed by atoms with van der Waals surface area (Å²) >= 11 is 5.98. The van der Waals surface area contributed by atoms with Gasteiger partial charge in [0.05, 0.1) is 12.5 Å². The molecular weight excluding hydrogens is 372 g/mol. The molecule has 0 saturated carbocycles. The van der Waals surface area contributed by atoms with Crippen LogP contribution in [-0.2, 0) is 6.54 Å². The van der Waals surface area contributed by atoms with Crippen molar-refractivity contribution in [3.05, 3.63) is 83.4 Å². The van der Waals surface area contributed by atoms with Gasteiger partial charge in [0.1, 0.15) is 5.69 Å². The van der Waals surface area contributed by atoms with Gasteiger partial charge < -0.3 is 4.90 Å². The molecule has 0 radical (unpaired) electrons. The fourth-order valence-corrected chi connectivity index (χ4v) is 3.72. The molecule has 28 heavy (non-hydrogen) atoms. The monoisotopic (exact) mass is 394 g/mol. The molecule has 1 aromatic heterocycles. The SMILES string of the molecule is O=C(c1cncn1-c1ccccc1)N1CCCN(Cc2ccc(Cl)cc2)CC1. The van der Waals surface area contributed by atoms with Crippen molar-refractivity contribution in [3.63, 3.8) is 0 Å². The summed E-state index contributed by atoms with van der Waals surface area (Å²) in [6.45, 7) is 4.18. The second-order valence-electron chi connectivity index (χ2n) is 7.03. The molecule has 1 aliphatic heterocycles. The maximum absolute atomic E-state index is 13.1. The van der Waals surface area contributed by atoms with Gasteiger partial charge in [0.15, 0.2) is 0 Å². The third-order valence-electron chi connectivity index (χ3n) is 5.09. The molecule has 0 unspecified atom stereocenters. The molecule has 3 aromatic rings.